The van der Waals surface area contributed by atoms with Crippen LogP contribution in [0.3, 0.4) is 0 Å². The summed E-state index contributed by atoms with van der Waals surface area (Å²) in [7, 11) is 0. The van der Waals surface area contributed by atoms with Crippen molar-refractivity contribution in [3.05, 3.63) is 35.9 Å². The zero-order chi connectivity index (χ0) is 10.9. The van der Waals surface area contributed by atoms with E-state index in [9.17, 15) is 5.11 Å². The normalized spacial score (nSPS) is 12.7. The molecule has 1 aromatic carbocycles. The van der Waals surface area contributed by atoms with E-state index in [0.29, 0.717) is 5.92 Å². The molecule has 0 aliphatic carbocycles. The Kier molecular flexibility index (Phi) is 6.05. The summed E-state index contributed by atoms with van der Waals surface area (Å²) in [5.41, 5.74) is 1.28. The molecule has 2 N–H and O–H groups in total. The van der Waals surface area contributed by atoms with Gasteiger partial charge in [-0.15, -0.1) is 0 Å². The van der Waals surface area contributed by atoms with Gasteiger partial charge < -0.3 is 10.2 Å². The SMILES string of the molecule is OCCCC[C@H](CO)Cc1ccccc1. The van der Waals surface area contributed by atoms with E-state index in [0.717, 1.165) is 25.7 Å². The molecule has 0 bridgehead atoms. The van der Waals surface area contributed by atoms with Crippen molar-refractivity contribution in [2.45, 2.75) is 25.7 Å². The second kappa shape index (κ2) is 7.43. The van der Waals surface area contributed by atoms with Gasteiger partial charge in [0.2, 0.25) is 0 Å². The number of hydrogen-bond acceptors (Lipinski definition) is 2. The minimum atomic E-state index is 0.236. The molecule has 0 heterocycles. The minimum Gasteiger partial charge on any atom is -0.396 e. The summed E-state index contributed by atoms with van der Waals surface area (Å²) in [6.07, 6.45) is 3.76. The van der Waals surface area contributed by atoms with E-state index in [1.54, 1.807) is 0 Å². The predicted octanol–water partition coefficient (Wildman–Crippen LogP) is 2.00. The molecule has 1 atom stereocenters. The molecule has 0 radical (unpaired) electrons. The first-order valence-corrected chi connectivity index (χ1v) is 5.62. The molecule has 0 saturated carbocycles. The van der Waals surface area contributed by atoms with E-state index in [2.05, 4.69) is 12.1 Å². The van der Waals surface area contributed by atoms with Gasteiger partial charge in [-0.2, -0.15) is 0 Å². The second-order valence-electron chi connectivity index (χ2n) is 3.96. The lowest BCUT2D eigenvalue weighted by Gasteiger charge is -2.13. The van der Waals surface area contributed by atoms with E-state index in [4.69, 9.17) is 5.11 Å². The average molecular weight is 208 g/mol. The van der Waals surface area contributed by atoms with Crippen LogP contribution in [-0.2, 0) is 6.42 Å². The molecule has 0 aliphatic rings. The van der Waals surface area contributed by atoms with Crippen LogP contribution >= 0.6 is 0 Å². The fourth-order valence-corrected chi connectivity index (χ4v) is 1.75. The molecule has 0 spiro atoms. The Morgan fingerprint density at radius 3 is 2.33 bits per heavy atom. The highest BCUT2D eigenvalue weighted by Gasteiger charge is 2.07. The van der Waals surface area contributed by atoms with Gasteiger partial charge in [0.05, 0.1) is 0 Å². The summed E-state index contributed by atoms with van der Waals surface area (Å²) >= 11 is 0. The Bertz CT molecular complexity index is 246. The largest absolute Gasteiger partial charge is 0.396 e. The fraction of sp³-hybridized carbons (Fsp3) is 0.538. The van der Waals surface area contributed by atoms with Crippen LogP contribution in [0, 0.1) is 5.92 Å². The molecular formula is C13H20O2. The molecule has 0 aliphatic heterocycles. The first-order valence-electron chi connectivity index (χ1n) is 5.62. The smallest absolute Gasteiger partial charge is 0.0462 e. The lowest BCUT2D eigenvalue weighted by Crippen LogP contribution is -2.09. The Hall–Kier alpha value is -0.860. The fourth-order valence-electron chi connectivity index (χ4n) is 1.75. The third kappa shape index (κ3) is 4.96. The van der Waals surface area contributed by atoms with Crippen molar-refractivity contribution in [3.63, 3.8) is 0 Å². The predicted molar refractivity (Wildman–Crippen MR) is 61.7 cm³/mol. The van der Waals surface area contributed by atoms with E-state index >= 15 is 0 Å². The molecule has 0 fully saturated rings. The molecule has 0 amide bonds. The standard InChI is InChI=1S/C13H20O2/c14-9-5-4-8-13(11-15)10-12-6-2-1-3-7-12/h1-3,6-7,13-15H,4-5,8-11H2/t13-/m0/s1. The summed E-state index contributed by atoms with van der Waals surface area (Å²) < 4.78 is 0. The number of hydrogen-bond donors (Lipinski definition) is 2. The van der Waals surface area contributed by atoms with Crippen LogP contribution in [0.2, 0.25) is 0 Å². The molecule has 0 unspecified atom stereocenters. The van der Waals surface area contributed by atoms with Crippen LogP contribution < -0.4 is 0 Å². The quantitative estimate of drug-likeness (QED) is 0.673. The number of rotatable bonds is 7. The van der Waals surface area contributed by atoms with E-state index < -0.39 is 0 Å². The van der Waals surface area contributed by atoms with Gasteiger partial charge in [-0.3, -0.25) is 0 Å². The van der Waals surface area contributed by atoms with Crippen LogP contribution in [0.5, 0.6) is 0 Å². The first kappa shape index (κ1) is 12.2. The van der Waals surface area contributed by atoms with Gasteiger partial charge >= 0.3 is 0 Å². The van der Waals surface area contributed by atoms with Gasteiger partial charge in [-0.1, -0.05) is 36.8 Å². The van der Waals surface area contributed by atoms with Gasteiger partial charge in [-0.25, -0.2) is 0 Å². The highest BCUT2D eigenvalue weighted by atomic mass is 16.3. The maximum Gasteiger partial charge on any atom is 0.0462 e. The van der Waals surface area contributed by atoms with Gasteiger partial charge in [0.25, 0.3) is 0 Å². The Morgan fingerprint density at radius 2 is 1.73 bits per heavy atom. The number of benzene rings is 1. The monoisotopic (exact) mass is 208 g/mol. The number of aliphatic hydroxyl groups is 2. The van der Waals surface area contributed by atoms with Gasteiger partial charge in [0.15, 0.2) is 0 Å². The molecule has 0 aromatic heterocycles. The van der Waals surface area contributed by atoms with Crippen LogP contribution in [0.1, 0.15) is 24.8 Å². The lowest BCUT2D eigenvalue weighted by molar-refractivity contribution is 0.209. The van der Waals surface area contributed by atoms with Crippen molar-refractivity contribution in [2.75, 3.05) is 13.2 Å². The van der Waals surface area contributed by atoms with E-state index in [-0.39, 0.29) is 13.2 Å². The van der Waals surface area contributed by atoms with Crippen LogP contribution in [-0.4, -0.2) is 23.4 Å². The van der Waals surface area contributed by atoms with E-state index in [1.807, 2.05) is 18.2 Å². The molecule has 1 aromatic rings. The summed E-state index contributed by atoms with van der Waals surface area (Å²) in [5, 5.41) is 17.9. The third-order valence-corrected chi connectivity index (χ3v) is 2.65. The van der Waals surface area contributed by atoms with Crippen molar-refractivity contribution < 1.29 is 10.2 Å². The van der Waals surface area contributed by atoms with Gasteiger partial charge in [-0.05, 0) is 30.7 Å². The van der Waals surface area contributed by atoms with Crippen LogP contribution in [0.4, 0.5) is 0 Å². The summed E-state index contributed by atoms with van der Waals surface area (Å²) in [5.74, 6) is 0.332. The van der Waals surface area contributed by atoms with Crippen molar-refractivity contribution in [2.24, 2.45) is 5.92 Å². The number of unbranched alkanes of at least 4 members (excludes halogenated alkanes) is 1. The molecule has 0 saturated heterocycles. The molecule has 2 nitrogen and oxygen atoms in total. The molecule has 1 rings (SSSR count). The Morgan fingerprint density at radius 1 is 1.00 bits per heavy atom. The number of aliphatic hydroxyl groups excluding tert-OH is 2. The zero-order valence-corrected chi connectivity index (χ0v) is 9.10. The molecule has 15 heavy (non-hydrogen) atoms. The average Bonchev–Trinajstić information content (AvgIpc) is 2.29. The van der Waals surface area contributed by atoms with E-state index in [1.165, 1.54) is 5.56 Å². The summed E-state index contributed by atoms with van der Waals surface area (Å²) in [6, 6.07) is 10.2. The maximum absolute atomic E-state index is 9.22. The van der Waals surface area contributed by atoms with Gasteiger partial charge in [0, 0.05) is 13.2 Å². The van der Waals surface area contributed by atoms with Crippen LogP contribution in [0.15, 0.2) is 30.3 Å². The highest BCUT2D eigenvalue weighted by molar-refractivity contribution is 5.15. The Labute approximate surface area is 91.6 Å². The van der Waals surface area contributed by atoms with Crippen LogP contribution in [0.25, 0.3) is 0 Å². The molecule has 2 heteroatoms. The topological polar surface area (TPSA) is 40.5 Å². The zero-order valence-electron chi connectivity index (χ0n) is 9.10. The maximum atomic E-state index is 9.22. The van der Waals surface area contributed by atoms with Gasteiger partial charge in [0.1, 0.15) is 0 Å². The first-order chi connectivity index (χ1) is 7.36. The third-order valence-electron chi connectivity index (χ3n) is 2.65. The molecular weight excluding hydrogens is 188 g/mol. The minimum absolute atomic E-state index is 0.236. The highest BCUT2D eigenvalue weighted by Crippen LogP contribution is 2.14. The lowest BCUT2D eigenvalue weighted by atomic mass is 9.95. The summed E-state index contributed by atoms with van der Waals surface area (Å²) in [6.45, 7) is 0.490. The van der Waals surface area contributed by atoms with Crippen molar-refractivity contribution in [1.82, 2.24) is 0 Å². The second-order valence-corrected chi connectivity index (χ2v) is 3.96. The van der Waals surface area contributed by atoms with Crippen molar-refractivity contribution in [1.29, 1.82) is 0 Å². The van der Waals surface area contributed by atoms with Crippen molar-refractivity contribution in [3.8, 4) is 0 Å². The Balaban J connectivity index is 2.33. The summed E-state index contributed by atoms with van der Waals surface area (Å²) in [4.78, 5) is 0. The molecule has 84 valence electrons. The van der Waals surface area contributed by atoms with Crippen molar-refractivity contribution >= 4 is 0 Å².